The Bertz CT molecular complexity index is 1220. The summed E-state index contributed by atoms with van der Waals surface area (Å²) in [6.45, 7) is 4.63. The summed E-state index contributed by atoms with van der Waals surface area (Å²) in [4.78, 5) is 4.73. The first-order chi connectivity index (χ1) is 14.0. The standard InChI is InChI=1S/C25H21FN2O/c1-17-14-21(29-3)15-18(2)22(17)12-13-25-27-23-6-4-5-7-24(23)28(25)16-19-8-10-20(26)11-9-19/h4-11,14-15H,16H2,1-3H3. The third kappa shape index (κ3) is 3.86. The fourth-order valence-corrected chi connectivity index (χ4v) is 3.46. The van der Waals surface area contributed by atoms with Crippen LogP contribution < -0.4 is 4.74 Å². The minimum Gasteiger partial charge on any atom is -0.497 e. The predicted octanol–water partition coefficient (Wildman–Crippen LogP) is 5.25. The van der Waals surface area contributed by atoms with Gasteiger partial charge in [0.2, 0.25) is 0 Å². The summed E-state index contributed by atoms with van der Waals surface area (Å²) in [5.74, 6) is 7.83. The molecule has 29 heavy (non-hydrogen) atoms. The number of benzene rings is 3. The molecule has 4 aromatic rings. The monoisotopic (exact) mass is 384 g/mol. The van der Waals surface area contributed by atoms with E-state index in [9.17, 15) is 4.39 Å². The van der Waals surface area contributed by atoms with Crippen LogP contribution in [0.5, 0.6) is 5.75 Å². The van der Waals surface area contributed by atoms with E-state index in [0.29, 0.717) is 12.4 Å². The van der Waals surface area contributed by atoms with Crippen LogP contribution in [-0.4, -0.2) is 16.7 Å². The number of nitrogens with zero attached hydrogens (tertiary/aromatic N) is 2. The van der Waals surface area contributed by atoms with Crippen LogP contribution in [0.4, 0.5) is 4.39 Å². The maximum atomic E-state index is 13.3. The lowest BCUT2D eigenvalue weighted by Crippen LogP contribution is -2.03. The maximum absolute atomic E-state index is 13.3. The number of para-hydroxylation sites is 2. The smallest absolute Gasteiger partial charge is 0.187 e. The second-order valence-electron chi connectivity index (χ2n) is 7.02. The highest BCUT2D eigenvalue weighted by Gasteiger charge is 2.10. The van der Waals surface area contributed by atoms with E-state index in [4.69, 9.17) is 9.72 Å². The number of fused-ring (bicyclic) bond motifs is 1. The van der Waals surface area contributed by atoms with Crippen LogP contribution >= 0.6 is 0 Å². The van der Waals surface area contributed by atoms with Gasteiger partial charge in [0.05, 0.1) is 24.7 Å². The van der Waals surface area contributed by atoms with E-state index in [2.05, 4.69) is 16.4 Å². The molecule has 0 fully saturated rings. The van der Waals surface area contributed by atoms with Gasteiger partial charge in [-0.15, -0.1) is 0 Å². The molecular formula is C25H21FN2O. The van der Waals surface area contributed by atoms with Gasteiger partial charge in [-0.2, -0.15) is 0 Å². The fourth-order valence-electron chi connectivity index (χ4n) is 3.46. The number of aromatic nitrogens is 2. The number of hydrogen-bond donors (Lipinski definition) is 0. The SMILES string of the molecule is COc1cc(C)c(C#Cc2nc3ccccc3n2Cc2ccc(F)cc2)c(C)c1. The molecule has 0 unspecified atom stereocenters. The first-order valence-corrected chi connectivity index (χ1v) is 9.42. The van der Waals surface area contributed by atoms with Crippen LogP contribution in [0.2, 0.25) is 0 Å². The summed E-state index contributed by atoms with van der Waals surface area (Å²) < 4.78 is 20.7. The summed E-state index contributed by atoms with van der Waals surface area (Å²) in [6, 6.07) is 18.5. The maximum Gasteiger partial charge on any atom is 0.187 e. The van der Waals surface area contributed by atoms with Crippen molar-refractivity contribution < 1.29 is 9.13 Å². The molecule has 3 aromatic carbocycles. The molecule has 0 aliphatic carbocycles. The quantitative estimate of drug-likeness (QED) is 0.451. The summed E-state index contributed by atoms with van der Waals surface area (Å²) in [5.41, 5.74) is 6.00. The molecule has 3 nitrogen and oxygen atoms in total. The second kappa shape index (κ2) is 7.81. The van der Waals surface area contributed by atoms with Crippen molar-refractivity contribution in [1.82, 2.24) is 9.55 Å². The van der Waals surface area contributed by atoms with Gasteiger partial charge in [-0.1, -0.05) is 30.2 Å². The molecular weight excluding hydrogens is 363 g/mol. The van der Waals surface area contributed by atoms with Gasteiger partial charge in [0.25, 0.3) is 0 Å². The zero-order chi connectivity index (χ0) is 20.4. The molecule has 0 N–H and O–H groups in total. The van der Waals surface area contributed by atoms with Crippen molar-refractivity contribution in [3.05, 3.63) is 94.6 Å². The molecule has 0 aliphatic heterocycles. The molecule has 0 radical (unpaired) electrons. The summed E-state index contributed by atoms with van der Waals surface area (Å²) in [5, 5.41) is 0. The van der Waals surface area contributed by atoms with Gasteiger partial charge in [0, 0.05) is 5.56 Å². The molecule has 4 heteroatoms. The third-order valence-electron chi connectivity index (χ3n) is 4.95. The number of halogens is 1. The van der Waals surface area contributed by atoms with Crippen LogP contribution in [0.1, 0.15) is 28.1 Å². The lowest BCUT2D eigenvalue weighted by molar-refractivity contribution is 0.414. The molecule has 0 spiro atoms. The van der Waals surface area contributed by atoms with E-state index >= 15 is 0 Å². The van der Waals surface area contributed by atoms with Gasteiger partial charge in [0.15, 0.2) is 5.82 Å². The lowest BCUT2D eigenvalue weighted by Gasteiger charge is -2.08. The molecule has 0 amide bonds. The molecule has 4 rings (SSSR count). The molecule has 1 heterocycles. The molecule has 144 valence electrons. The van der Waals surface area contributed by atoms with Crippen LogP contribution in [0.3, 0.4) is 0 Å². The Labute approximate surface area is 169 Å². The van der Waals surface area contributed by atoms with Crippen LogP contribution in [0.25, 0.3) is 11.0 Å². The van der Waals surface area contributed by atoms with Crippen LogP contribution in [-0.2, 0) is 6.54 Å². The van der Waals surface area contributed by atoms with E-state index in [1.807, 2.05) is 50.2 Å². The van der Waals surface area contributed by atoms with E-state index in [-0.39, 0.29) is 5.82 Å². The van der Waals surface area contributed by atoms with Gasteiger partial charge in [-0.05, 0) is 72.9 Å². The fraction of sp³-hybridized carbons (Fsp3) is 0.160. The van der Waals surface area contributed by atoms with Gasteiger partial charge in [-0.3, -0.25) is 0 Å². The van der Waals surface area contributed by atoms with Crippen molar-refractivity contribution in [2.45, 2.75) is 20.4 Å². The molecule has 0 saturated carbocycles. The van der Waals surface area contributed by atoms with Crippen molar-refractivity contribution in [2.75, 3.05) is 7.11 Å². The average molecular weight is 384 g/mol. The Balaban J connectivity index is 1.79. The first kappa shape index (κ1) is 18.8. The highest BCUT2D eigenvalue weighted by atomic mass is 19.1. The number of ether oxygens (including phenoxy) is 1. The van der Waals surface area contributed by atoms with Crippen molar-refractivity contribution in [2.24, 2.45) is 0 Å². The zero-order valence-electron chi connectivity index (χ0n) is 16.7. The Kier molecular flexibility index (Phi) is 5.05. The number of rotatable bonds is 3. The van der Waals surface area contributed by atoms with Gasteiger partial charge < -0.3 is 9.30 Å². The van der Waals surface area contributed by atoms with Gasteiger partial charge >= 0.3 is 0 Å². The van der Waals surface area contributed by atoms with Crippen molar-refractivity contribution in [3.8, 4) is 17.6 Å². The third-order valence-corrected chi connectivity index (χ3v) is 4.95. The van der Waals surface area contributed by atoms with Crippen molar-refractivity contribution in [3.63, 3.8) is 0 Å². The Morgan fingerprint density at radius 2 is 1.66 bits per heavy atom. The summed E-state index contributed by atoms with van der Waals surface area (Å²) >= 11 is 0. The van der Waals surface area contributed by atoms with E-state index < -0.39 is 0 Å². The summed E-state index contributed by atoms with van der Waals surface area (Å²) in [6.07, 6.45) is 0. The van der Waals surface area contributed by atoms with E-state index in [0.717, 1.165) is 39.0 Å². The van der Waals surface area contributed by atoms with Crippen LogP contribution in [0, 0.1) is 31.5 Å². The molecule has 0 saturated heterocycles. The summed E-state index contributed by atoms with van der Waals surface area (Å²) in [7, 11) is 1.66. The normalized spacial score (nSPS) is 10.6. The minimum absolute atomic E-state index is 0.241. The highest BCUT2D eigenvalue weighted by Crippen LogP contribution is 2.22. The van der Waals surface area contributed by atoms with E-state index in [1.54, 1.807) is 19.2 Å². The number of methoxy groups -OCH3 is 1. The highest BCUT2D eigenvalue weighted by molar-refractivity contribution is 5.77. The lowest BCUT2D eigenvalue weighted by atomic mass is 10.0. The molecule has 0 atom stereocenters. The largest absolute Gasteiger partial charge is 0.497 e. The number of hydrogen-bond acceptors (Lipinski definition) is 2. The Morgan fingerprint density at radius 3 is 2.34 bits per heavy atom. The van der Waals surface area contributed by atoms with Crippen molar-refractivity contribution in [1.29, 1.82) is 0 Å². The second-order valence-corrected chi connectivity index (χ2v) is 7.02. The molecule has 1 aromatic heterocycles. The molecule has 0 aliphatic rings. The topological polar surface area (TPSA) is 27.1 Å². The molecule has 0 bridgehead atoms. The van der Waals surface area contributed by atoms with Gasteiger partial charge in [0.1, 0.15) is 11.6 Å². The number of aryl methyl sites for hydroxylation is 2. The van der Waals surface area contributed by atoms with E-state index in [1.165, 1.54) is 12.1 Å². The van der Waals surface area contributed by atoms with Crippen molar-refractivity contribution >= 4 is 11.0 Å². The minimum atomic E-state index is -0.241. The first-order valence-electron chi connectivity index (χ1n) is 9.42. The zero-order valence-corrected chi connectivity index (χ0v) is 16.7. The number of imidazole rings is 1. The average Bonchev–Trinajstić information content (AvgIpc) is 3.06. The Hall–Kier alpha value is -3.58. The van der Waals surface area contributed by atoms with Crippen LogP contribution in [0.15, 0.2) is 60.7 Å². The van der Waals surface area contributed by atoms with Gasteiger partial charge in [-0.25, -0.2) is 9.37 Å². The Morgan fingerprint density at radius 1 is 0.966 bits per heavy atom. The predicted molar refractivity (Wildman–Crippen MR) is 114 cm³/mol.